The molecule has 0 heterocycles. The number of hydrogen-bond donors (Lipinski definition) is 1. The molecule has 3 aromatic carbocycles. The van der Waals surface area contributed by atoms with Crippen LogP contribution in [0, 0.1) is 13.8 Å². The third-order valence-corrected chi connectivity index (χ3v) is 8.08. The van der Waals surface area contributed by atoms with Gasteiger partial charge in [-0.1, -0.05) is 65.7 Å². The van der Waals surface area contributed by atoms with Crippen molar-refractivity contribution in [3.8, 4) is 0 Å². The quantitative estimate of drug-likeness (QED) is 0.392. The van der Waals surface area contributed by atoms with E-state index < -0.39 is 28.5 Å². The molecule has 2 amide bonds. The second-order valence-electron chi connectivity index (χ2n) is 9.82. The first-order valence-corrected chi connectivity index (χ1v) is 14.2. The van der Waals surface area contributed by atoms with Gasteiger partial charge in [0.15, 0.2) is 0 Å². The van der Waals surface area contributed by atoms with E-state index in [1.165, 1.54) is 4.90 Å². The first kappa shape index (κ1) is 28.9. The van der Waals surface area contributed by atoms with Gasteiger partial charge in [-0.05, 0) is 70.9 Å². The average Bonchev–Trinajstić information content (AvgIpc) is 2.88. The molecule has 7 nitrogen and oxygen atoms in total. The van der Waals surface area contributed by atoms with Crippen molar-refractivity contribution in [1.82, 2.24) is 10.2 Å². The van der Waals surface area contributed by atoms with E-state index in [1.54, 1.807) is 43.3 Å². The smallest absolute Gasteiger partial charge is 0.264 e. The zero-order chi connectivity index (χ0) is 27.9. The number of carbonyl (C=O) groups excluding carboxylic acids is 2. The van der Waals surface area contributed by atoms with Crippen LogP contribution in [0.3, 0.4) is 0 Å². The highest BCUT2D eigenvalue weighted by Crippen LogP contribution is 2.25. The van der Waals surface area contributed by atoms with Gasteiger partial charge in [0.05, 0.1) is 10.6 Å². The monoisotopic (exact) mass is 535 g/mol. The largest absolute Gasteiger partial charge is 0.352 e. The molecule has 38 heavy (non-hydrogen) atoms. The Balaban J connectivity index is 1.97. The Morgan fingerprint density at radius 3 is 1.92 bits per heavy atom. The molecule has 0 aliphatic heterocycles. The third-order valence-electron chi connectivity index (χ3n) is 6.29. The van der Waals surface area contributed by atoms with E-state index in [2.05, 4.69) is 5.32 Å². The second-order valence-corrected chi connectivity index (χ2v) is 11.7. The van der Waals surface area contributed by atoms with Gasteiger partial charge in [-0.2, -0.15) is 0 Å². The van der Waals surface area contributed by atoms with E-state index in [0.29, 0.717) is 12.1 Å². The number of nitrogens with zero attached hydrogens (tertiary/aromatic N) is 2. The van der Waals surface area contributed by atoms with E-state index in [4.69, 9.17) is 0 Å². The summed E-state index contributed by atoms with van der Waals surface area (Å²) in [6.07, 6.45) is 0.529. The highest BCUT2D eigenvalue weighted by molar-refractivity contribution is 7.92. The maximum Gasteiger partial charge on any atom is 0.264 e. The minimum absolute atomic E-state index is 0.0953. The van der Waals surface area contributed by atoms with Crippen molar-refractivity contribution < 1.29 is 18.0 Å². The van der Waals surface area contributed by atoms with Crippen LogP contribution in [0.5, 0.6) is 0 Å². The van der Waals surface area contributed by atoms with E-state index in [9.17, 15) is 18.0 Å². The minimum atomic E-state index is -4.06. The molecule has 1 atom stereocenters. The summed E-state index contributed by atoms with van der Waals surface area (Å²) in [4.78, 5) is 28.3. The highest BCUT2D eigenvalue weighted by Gasteiger charge is 2.32. The Morgan fingerprint density at radius 2 is 1.37 bits per heavy atom. The fourth-order valence-electron chi connectivity index (χ4n) is 4.05. The molecule has 0 spiro atoms. The van der Waals surface area contributed by atoms with Crippen LogP contribution in [0.25, 0.3) is 0 Å². The standard InChI is InChI=1S/C30H37N3O4S/c1-22(2)31-30(35)25(5)32(20-19-26-9-7-6-8-10-26)29(34)21-33(27-15-11-23(3)12-16-27)38(36,37)28-17-13-24(4)14-18-28/h6-18,22,25H,19-21H2,1-5H3,(H,31,35). The molecule has 202 valence electrons. The average molecular weight is 536 g/mol. The highest BCUT2D eigenvalue weighted by atomic mass is 32.2. The lowest BCUT2D eigenvalue weighted by atomic mass is 10.1. The lowest BCUT2D eigenvalue weighted by molar-refractivity contribution is -0.139. The number of nitrogens with one attached hydrogen (secondary N) is 1. The van der Waals surface area contributed by atoms with Crippen molar-refractivity contribution in [3.63, 3.8) is 0 Å². The Kier molecular flexibility index (Phi) is 9.69. The SMILES string of the molecule is Cc1ccc(N(CC(=O)N(CCc2ccccc2)C(C)C(=O)NC(C)C)S(=O)(=O)c2ccc(C)cc2)cc1. The summed E-state index contributed by atoms with van der Waals surface area (Å²) in [7, 11) is -4.06. The summed E-state index contributed by atoms with van der Waals surface area (Å²) >= 11 is 0. The zero-order valence-corrected chi connectivity index (χ0v) is 23.5. The van der Waals surface area contributed by atoms with Crippen LogP contribution in [-0.2, 0) is 26.0 Å². The summed E-state index contributed by atoms with van der Waals surface area (Å²) in [6, 6.07) is 22.3. The molecule has 0 fully saturated rings. The van der Waals surface area contributed by atoms with Crippen molar-refractivity contribution in [2.45, 2.75) is 58.0 Å². The molecule has 0 bridgehead atoms. The van der Waals surface area contributed by atoms with Crippen LogP contribution in [0.4, 0.5) is 5.69 Å². The van der Waals surface area contributed by atoms with Crippen LogP contribution >= 0.6 is 0 Å². The van der Waals surface area contributed by atoms with Gasteiger partial charge in [-0.25, -0.2) is 8.42 Å². The van der Waals surface area contributed by atoms with Gasteiger partial charge in [-0.3, -0.25) is 13.9 Å². The molecule has 3 rings (SSSR count). The van der Waals surface area contributed by atoms with Gasteiger partial charge < -0.3 is 10.2 Å². The molecule has 1 N–H and O–H groups in total. The predicted molar refractivity (Wildman–Crippen MR) is 151 cm³/mol. The number of rotatable bonds is 11. The van der Waals surface area contributed by atoms with Gasteiger partial charge in [0.1, 0.15) is 12.6 Å². The number of hydrogen-bond acceptors (Lipinski definition) is 4. The van der Waals surface area contributed by atoms with Crippen LogP contribution in [-0.4, -0.2) is 50.3 Å². The van der Waals surface area contributed by atoms with Crippen molar-refractivity contribution in [3.05, 3.63) is 95.6 Å². The normalized spacial score (nSPS) is 12.2. The number of aryl methyl sites for hydroxylation is 2. The lowest BCUT2D eigenvalue weighted by Gasteiger charge is -2.32. The fourth-order valence-corrected chi connectivity index (χ4v) is 5.47. The first-order chi connectivity index (χ1) is 18.0. The van der Waals surface area contributed by atoms with Gasteiger partial charge in [-0.15, -0.1) is 0 Å². The van der Waals surface area contributed by atoms with E-state index >= 15 is 0 Å². The molecular formula is C30H37N3O4S. The van der Waals surface area contributed by atoms with Crippen LogP contribution in [0.15, 0.2) is 83.8 Å². The molecular weight excluding hydrogens is 498 g/mol. The van der Waals surface area contributed by atoms with Gasteiger partial charge >= 0.3 is 0 Å². The minimum Gasteiger partial charge on any atom is -0.352 e. The van der Waals surface area contributed by atoms with Crippen molar-refractivity contribution in [1.29, 1.82) is 0 Å². The van der Waals surface area contributed by atoms with Gasteiger partial charge in [0, 0.05) is 12.6 Å². The molecule has 0 radical (unpaired) electrons. The number of sulfonamides is 1. The maximum atomic E-state index is 13.8. The number of amides is 2. The zero-order valence-electron chi connectivity index (χ0n) is 22.7. The first-order valence-electron chi connectivity index (χ1n) is 12.8. The number of carbonyl (C=O) groups is 2. The summed E-state index contributed by atoms with van der Waals surface area (Å²) in [5.74, 6) is -0.742. The third kappa shape index (κ3) is 7.44. The topological polar surface area (TPSA) is 86.8 Å². The Labute approximate surface area is 226 Å². The van der Waals surface area contributed by atoms with Gasteiger partial charge in [0.25, 0.3) is 10.0 Å². The second kappa shape index (κ2) is 12.7. The molecule has 8 heteroatoms. The van der Waals surface area contributed by atoms with Crippen molar-refractivity contribution in [2.24, 2.45) is 0 Å². The molecule has 0 aliphatic carbocycles. The van der Waals surface area contributed by atoms with Gasteiger partial charge in [0.2, 0.25) is 11.8 Å². The summed E-state index contributed by atoms with van der Waals surface area (Å²) in [6.45, 7) is 9.00. The lowest BCUT2D eigenvalue weighted by Crippen LogP contribution is -2.53. The van der Waals surface area contributed by atoms with Crippen molar-refractivity contribution >= 4 is 27.5 Å². The van der Waals surface area contributed by atoms with Crippen molar-refractivity contribution in [2.75, 3.05) is 17.4 Å². The number of anilines is 1. The molecule has 3 aromatic rings. The molecule has 0 aliphatic rings. The molecule has 0 saturated carbocycles. The summed E-state index contributed by atoms with van der Waals surface area (Å²) in [5, 5.41) is 2.86. The Morgan fingerprint density at radius 1 is 0.816 bits per heavy atom. The molecule has 1 unspecified atom stereocenters. The molecule has 0 saturated heterocycles. The predicted octanol–water partition coefficient (Wildman–Crippen LogP) is 4.48. The van der Waals surface area contributed by atoms with Crippen LogP contribution < -0.4 is 9.62 Å². The van der Waals surface area contributed by atoms with Crippen LogP contribution in [0.2, 0.25) is 0 Å². The van der Waals surface area contributed by atoms with E-state index in [0.717, 1.165) is 21.0 Å². The van der Waals surface area contributed by atoms with E-state index in [-0.39, 0.29) is 23.4 Å². The number of benzene rings is 3. The Bertz CT molecular complexity index is 1320. The fraction of sp³-hybridized carbons (Fsp3) is 0.333. The summed E-state index contributed by atoms with van der Waals surface area (Å²) < 4.78 is 28.7. The molecule has 0 aromatic heterocycles. The summed E-state index contributed by atoms with van der Waals surface area (Å²) in [5.41, 5.74) is 3.30. The van der Waals surface area contributed by atoms with E-state index in [1.807, 2.05) is 70.2 Å². The maximum absolute atomic E-state index is 13.8. The van der Waals surface area contributed by atoms with Crippen LogP contribution in [0.1, 0.15) is 37.5 Å². The Hall–Kier alpha value is -3.65.